The van der Waals surface area contributed by atoms with Crippen molar-refractivity contribution < 1.29 is 9.84 Å². The highest BCUT2D eigenvalue weighted by atomic mass is 16.5. The SMILES string of the molecule is CCC(O)COC(C)(C)C. The van der Waals surface area contributed by atoms with E-state index in [0.717, 1.165) is 6.42 Å². The van der Waals surface area contributed by atoms with Gasteiger partial charge < -0.3 is 9.84 Å². The van der Waals surface area contributed by atoms with Crippen LogP contribution in [0.2, 0.25) is 0 Å². The van der Waals surface area contributed by atoms with Crippen LogP contribution in [0.25, 0.3) is 0 Å². The van der Waals surface area contributed by atoms with Crippen LogP contribution in [0.3, 0.4) is 0 Å². The summed E-state index contributed by atoms with van der Waals surface area (Å²) in [6.07, 6.45) is 0.454. The van der Waals surface area contributed by atoms with Crippen LogP contribution in [0.1, 0.15) is 34.1 Å². The summed E-state index contributed by atoms with van der Waals surface area (Å²) in [6, 6.07) is 0. The number of hydrogen-bond acceptors (Lipinski definition) is 2. The molecule has 0 aliphatic heterocycles. The van der Waals surface area contributed by atoms with E-state index in [1.165, 1.54) is 0 Å². The molecule has 0 aliphatic carbocycles. The third-order valence-electron chi connectivity index (χ3n) is 1.18. The maximum absolute atomic E-state index is 9.10. The zero-order valence-corrected chi connectivity index (χ0v) is 7.35. The van der Waals surface area contributed by atoms with E-state index >= 15 is 0 Å². The van der Waals surface area contributed by atoms with Gasteiger partial charge in [-0.15, -0.1) is 0 Å². The fourth-order valence-electron chi connectivity index (χ4n) is 0.464. The van der Waals surface area contributed by atoms with Crippen LogP contribution in [0.5, 0.6) is 0 Å². The normalized spacial score (nSPS) is 15.3. The summed E-state index contributed by atoms with van der Waals surface area (Å²) in [6.45, 7) is 8.33. The maximum Gasteiger partial charge on any atom is 0.0771 e. The van der Waals surface area contributed by atoms with E-state index < -0.39 is 0 Å². The standard InChI is InChI=1S/C8H18O2/c1-5-7(9)6-10-8(2,3)4/h7,9H,5-6H2,1-4H3. The Hall–Kier alpha value is -0.0800. The molecule has 2 heteroatoms. The highest BCUT2D eigenvalue weighted by Gasteiger charge is 2.11. The van der Waals surface area contributed by atoms with Gasteiger partial charge in [0.25, 0.3) is 0 Å². The van der Waals surface area contributed by atoms with Crippen LogP contribution in [-0.4, -0.2) is 23.4 Å². The van der Waals surface area contributed by atoms with Crippen LogP contribution in [-0.2, 0) is 4.74 Å². The molecular weight excluding hydrogens is 128 g/mol. The Balaban J connectivity index is 3.36. The lowest BCUT2D eigenvalue weighted by Gasteiger charge is -2.21. The van der Waals surface area contributed by atoms with Crippen molar-refractivity contribution in [3.8, 4) is 0 Å². The van der Waals surface area contributed by atoms with Crippen molar-refractivity contribution in [3.63, 3.8) is 0 Å². The Morgan fingerprint density at radius 2 is 1.90 bits per heavy atom. The minimum Gasteiger partial charge on any atom is -0.391 e. The van der Waals surface area contributed by atoms with Gasteiger partial charge in [0.1, 0.15) is 0 Å². The molecule has 0 aliphatic rings. The first kappa shape index (κ1) is 9.92. The Labute approximate surface area is 63.2 Å². The van der Waals surface area contributed by atoms with Gasteiger partial charge in [-0.2, -0.15) is 0 Å². The lowest BCUT2D eigenvalue weighted by atomic mass is 10.2. The van der Waals surface area contributed by atoms with E-state index in [9.17, 15) is 0 Å². The molecule has 0 saturated carbocycles. The summed E-state index contributed by atoms with van der Waals surface area (Å²) in [5, 5.41) is 9.10. The van der Waals surface area contributed by atoms with Crippen LogP contribution in [0.15, 0.2) is 0 Å². The monoisotopic (exact) mass is 146 g/mol. The Bertz CT molecular complexity index is 83.7. The topological polar surface area (TPSA) is 29.5 Å². The first-order valence-corrected chi connectivity index (χ1v) is 3.77. The van der Waals surface area contributed by atoms with Crippen molar-refractivity contribution in [2.75, 3.05) is 6.61 Å². The number of rotatable bonds is 3. The second kappa shape index (κ2) is 3.94. The van der Waals surface area contributed by atoms with Gasteiger partial charge in [-0.1, -0.05) is 6.92 Å². The number of ether oxygens (including phenoxy) is 1. The smallest absolute Gasteiger partial charge is 0.0771 e. The Morgan fingerprint density at radius 1 is 1.40 bits per heavy atom. The fourth-order valence-corrected chi connectivity index (χ4v) is 0.464. The van der Waals surface area contributed by atoms with Gasteiger partial charge in [-0.25, -0.2) is 0 Å². The minimum atomic E-state index is -0.306. The van der Waals surface area contributed by atoms with Crippen molar-refractivity contribution >= 4 is 0 Å². The second-order valence-electron chi connectivity index (χ2n) is 3.49. The molecule has 0 radical (unpaired) electrons. The number of hydrogen-bond donors (Lipinski definition) is 1. The third kappa shape index (κ3) is 6.05. The predicted octanol–water partition coefficient (Wildman–Crippen LogP) is 1.57. The van der Waals surface area contributed by atoms with Crippen molar-refractivity contribution in [2.45, 2.75) is 45.8 Å². The van der Waals surface area contributed by atoms with Gasteiger partial charge in [0, 0.05) is 0 Å². The average molecular weight is 146 g/mol. The molecule has 62 valence electrons. The zero-order chi connectivity index (χ0) is 8.20. The van der Waals surface area contributed by atoms with E-state index in [1.807, 2.05) is 27.7 Å². The molecule has 0 saturated heterocycles. The van der Waals surface area contributed by atoms with Gasteiger partial charge in [0.05, 0.1) is 18.3 Å². The van der Waals surface area contributed by atoms with E-state index in [2.05, 4.69) is 0 Å². The van der Waals surface area contributed by atoms with Gasteiger partial charge in [-0.05, 0) is 27.2 Å². The molecule has 0 heterocycles. The molecule has 1 unspecified atom stereocenters. The van der Waals surface area contributed by atoms with Gasteiger partial charge in [0.15, 0.2) is 0 Å². The number of aliphatic hydroxyl groups is 1. The molecule has 10 heavy (non-hydrogen) atoms. The fraction of sp³-hybridized carbons (Fsp3) is 1.00. The quantitative estimate of drug-likeness (QED) is 0.655. The molecular formula is C8H18O2. The number of aliphatic hydroxyl groups excluding tert-OH is 1. The molecule has 0 aromatic rings. The zero-order valence-electron chi connectivity index (χ0n) is 7.35. The van der Waals surface area contributed by atoms with E-state index in [1.54, 1.807) is 0 Å². The predicted molar refractivity (Wildman–Crippen MR) is 42.0 cm³/mol. The van der Waals surface area contributed by atoms with Crippen LogP contribution >= 0.6 is 0 Å². The van der Waals surface area contributed by atoms with Crippen molar-refractivity contribution in [2.24, 2.45) is 0 Å². The van der Waals surface area contributed by atoms with E-state index in [4.69, 9.17) is 9.84 Å². The molecule has 1 N–H and O–H groups in total. The molecule has 0 bridgehead atoms. The molecule has 1 atom stereocenters. The van der Waals surface area contributed by atoms with Crippen LogP contribution in [0.4, 0.5) is 0 Å². The van der Waals surface area contributed by atoms with Crippen molar-refractivity contribution in [1.82, 2.24) is 0 Å². The summed E-state index contributed by atoms with van der Waals surface area (Å²) in [5.74, 6) is 0. The van der Waals surface area contributed by atoms with Crippen LogP contribution in [0, 0.1) is 0 Å². The summed E-state index contributed by atoms with van der Waals surface area (Å²) in [4.78, 5) is 0. The minimum absolute atomic E-state index is 0.129. The Kier molecular flexibility index (Phi) is 3.91. The largest absolute Gasteiger partial charge is 0.391 e. The molecule has 0 aromatic heterocycles. The van der Waals surface area contributed by atoms with Crippen molar-refractivity contribution in [3.05, 3.63) is 0 Å². The third-order valence-corrected chi connectivity index (χ3v) is 1.18. The lowest BCUT2D eigenvalue weighted by molar-refractivity contribution is -0.0492. The van der Waals surface area contributed by atoms with Gasteiger partial charge in [-0.3, -0.25) is 0 Å². The molecule has 0 rings (SSSR count). The molecule has 0 amide bonds. The molecule has 2 nitrogen and oxygen atoms in total. The van der Waals surface area contributed by atoms with Crippen molar-refractivity contribution in [1.29, 1.82) is 0 Å². The summed E-state index contributed by atoms with van der Waals surface area (Å²) in [5.41, 5.74) is -0.129. The van der Waals surface area contributed by atoms with E-state index in [-0.39, 0.29) is 11.7 Å². The average Bonchev–Trinajstić information content (AvgIpc) is 1.81. The van der Waals surface area contributed by atoms with E-state index in [0.29, 0.717) is 6.61 Å². The molecule has 0 aromatic carbocycles. The maximum atomic E-state index is 9.10. The first-order valence-electron chi connectivity index (χ1n) is 3.77. The lowest BCUT2D eigenvalue weighted by Crippen LogP contribution is -2.25. The second-order valence-corrected chi connectivity index (χ2v) is 3.49. The highest BCUT2D eigenvalue weighted by molar-refractivity contribution is 4.60. The Morgan fingerprint density at radius 3 is 2.20 bits per heavy atom. The molecule has 0 spiro atoms. The van der Waals surface area contributed by atoms with Gasteiger partial charge >= 0.3 is 0 Å². The van der Waals surface area contributed by atoms with Crippen LogP contribution < -0.4 is 0 Å². The summed E-state index contributed by atoms with van der Waals surface area (Å²) >= 11 is 0. The highest BCUT2D eigenvalue weighted by Crippen LogP contribution is 2.07. The first-order chi connectivity index (χ1) is 4.45. The summed E-state index contributed by atoms with van der Waals surface area (Å²) in [7, 11) is 0. The summed E-state index contributed by atoms with van der Waals surface area (Å²) < 4.78 is 5.33. The molecule has 0 fully saturated rings. The van der Waals surface area contributed by atoms with Gasteiger partial charge in [0.2, 0.25) is 0 Å².